The molecule has 1 atom stereocenters. The number of nitrogens with zero attached hydrogens (tertiary/aromatic N) is 2. The molecule has 0 bridgehead atoms. The first kappa shape index (κ1) is 40.0. The molecule has 12 rings (SSSR count). The molecular formula is C61H42N4OS. The first-order valence-electron chi connectivity index (χ1n) is 22.4. The molecule has 10 aromatic carbocycles. The van der Waals surface area contributed by atoms with E-state index in [9.17, 15) is 0 Å². The van der Waals surface area contributed by atoms with E-state index in [-0.39, 0.29) is 5.90 Å². The lowest BCUT2D eigenvalue weighted by molar-refractivity contribution is 0.624. The maximum atomic E-state index is 9.04. The molecule has 6 heteroatoms. The summed E-state index contributed by atoms with van der Waals surface area (Å²) >= 11 is 0. The summed E-state index contributed by atoms with van der Waals surface area (Å²) in [5.41, 5.74) is 16.2. The minimum absolute atomic E-state index is 0.0182. The molecule has 0 amide bonds. The number of nitrogens with one attached hydrogen (secondary N) is 2. The minimum Gasteiger partial charge on any atom is -0.392 e. The number of fused-ring (bicyclic) bond motifs is 6. The standard InChI is InChI=1S/C61H42N4OS/c62-61(43-23-9-3-10-24-43)66-67(63)50-37-35-49(36-38-50)65-54-34-16-14-32-52(54)58-55(46-27-17-25-44(39-46)41-19-5-1-6-20-41)59-57(51-31-13-15-33-53(51)64(59)48-29-11-4-12-30-48)56(60(58)65)47-28-18-26-45(40-47)42-21-7-2-8-22-42/h1-40,62-63H. The third kappa shape index (κ3) is 6.94. The van der Waals surface area contributed by atoms with Crippen molar-refractivity contribution >= 4 is 60.5 Å². The molecule has 12 aromatic rings. The van der Waals surface area contributed by atoms with Crippen LogP contribution in [0.3, 0.4) is 0 Å². The van der Waals surface area contributed by atoms with E-state index >= 15 is 0 Å². The largest absolute Gasteiger partial charge is 0.392 e. The maximum Gasteiger partial charge on any atom is 0.229 e. The fraction of sp³-hybridized carbons (Fsp3) is 0. The van der Waals surface area contributed by atoms with Gasteiger partial charge in [-0.2, -0.15) is 0 Å². The first-order valence-corrected chi connectivity index (χ1v) is 23.5. The lowest BCUT2D eigenvalue weighted by atomic mass is 9.88. The summed E-state index contributed by atoms with van der Waals surface area (Å²) in [7, 11) is -1.41. The quantitative estimate of drug-likeness (QED) is 0.110. The fourth-order valence-electron chi connectivity index (χ4n) is 9.83. The molecule has 0 saturated heterocycles. The highest BCUT2D eigenvalue weighted by Gasteiger charge is 2.29. The molecule has 0 aliphatic heterocycles. The van der Waals surface area contributed by atoms with Crippen molar-refractivity contribution in [1.29, 1.82) is 10.2 Å². The van der Waals surface area contributed by atoms with Crippen LogP contribution in [0.4, 0.5) is 0 Å². The minimum atomic E-state index is -1.41. The SMILES string of the molecule is N=C(OS(=N)c1ccc(-n2c3ccccc3c3c(-c4cccc(-c5ccccc5)c4)c4c(c(-c5cccc(-c6ccccc6)c5)c32)c2ccccc2n4-c2ccccc2)cc1)c1ccccc1. The van der Waals surface area contributed by atoms with E-state index in [0.29, 0.717) is 10.5 Å². The predicted molar refractivity (Wildman–Crippen MR) is 280 cm³/mol. The van der Waals surface area contributed by atoms with E-state index in [1.54, 1.807) is 0 Å². The van der Waals surface area contributed by atoms with Crippen LogP contribution in [0.5, 0.6) is 0 Å². The second kappa shape index (κ2) is 16.8. The molecule has 1 unspecified atom stereocenters. The van der Waals surface area contributed by atoms with Crippen LogP contribution >= 0.6 is 0 Å². The average molecular weight is 879 g/mol. The van der Waals surface area contributed by atoms with E-state index in [0.717, 1.165) is 94.1 Å². The van der Waals surface area contributed by atoms with Crippen molar-refractivity contribution in [3.63, 3.8) is 0 Å². The highest BCUT2D eigenvalue weighted by molar-refractivity contribution is 7.81. The van der Waals surface area contributed by atoms with Crippen LogP contribution < -0.4 is 0 Å². The van der Waals surface area contributed by atoms with Crippen LogP contribution in [0.1, 0.15) is 5.56 Å². The number of benzene rings is 10. The summed E-state index contributed by atoms with van der Waals surface area (Å²) < 4.78 is 19.9. The van der Waals surface area contributed by atoms with Gasteiger partial charge in [-0.3, -0.25) is 5.41 Å². The molecular weight excluding hydrogens is 837 g/mol. The van der Waals surface area contributed by atoms with Crippen LogP contribution in [0.2, 0.25) is 0 Å². The first-order chi connectivity index (χ1) is 33.1. The summed E-state index contributed by atoms with van der Waals surface area (Å²) in [6, 6.07) is 85.2. The van der Waals surface area contributed by atoms with Crippen molar-refractivity contribution in [2.75, 3.05) is 0 Å². The number of para-hydroxylation sites is 3. The van der Waals surface area contributed by atoms with Gasteiger partial charge >= 0.3 is 0 Å². The summed E-state index contributed by atoms with van der Waals surface area (Å²) in [4.78, 5) is 0.688. The van der Waals surface area contributed by atoms with Gasteiger partial charge in [0.1, 0.15) is 11.0 Å². The van der Waals surface area contributed by atoms with Gasteiger partial charge in [0.15, 0.2) is 0 Å². The van der Waals surface area contributed by atoms with Crippen molar-refractivity contribution < 1.29 is 4.18 Å². The molecule has 0 radical (unpaired) electrons. The monoisotopic (exact) mass is 878 g/mol. The molecule has 2 heterocycles. The lowest BCUT2D eigenvalue weighted by Crippen LogP contribution is -2.07. The summed E-state index contributed by atoms with van der Waals surface area (Å²) in [6.07, 6.45) is 0. The maximum absolute atomic E-state index is 9.04. The van der Waals surface area contributed by atoms with Crippen LogP contribution in [-0.2, 0) is 15.2 Å². The van der Waals surface area contributed by atoms with Crippen molar-refractivity contribution in [2.24, 2.45) is 0 Å². The number of hydrogen-bond donors (Lipinski definition) is 2. The lowest BCUT2D eigenvalue weighted by Gasteiger charge is -2.19. The predicted octanol–water partition coefficient (Wildman–Crippen LogP) is 16.2. The highest BCUT2D eigenvalue weighted by Crippen LogP contribution is 2.52. The van der Waals surface area contributed by atoms with E-state index in [2.05, 4.69) is 209 Å². The van der Waals surface area contributed by atoms with Gasteiger partial charge in [-0.05, 0) is 106 Å². The molecule has 0 aliphatic carbocycles. The van der Waals surface area contributed by atoms with Crippen molar-refractivity contribution in [3.05, 3.63) is 248 Å². The highest BCUT2D eigenvalue weighted by atomic mass is 32.2. The van der Waals surface area contributed by atoms with E-state index < -0.39 is 11.0 Å². The van der Waals surface area contributed by atoms with Gasteiger partial charge in [0.2, 0.25) is 5.90 Å². The van der Waals surface area contributed by atoms with Crippen LogP contribution in [0, 0.1) is 10.2 Å². The van der Waals surface area contributed by atoms with Gasteiger partial charge < -0.3 is 13.3 Å². The Bertz CT molecular complexity index is 3840. The van der Waals surface area contributed by atoms with Crippen molar-refractivity contribution in [3.8, 4) is 55.9 Å². The van der Waals surface area contributed by atoms with E-state index in [1.165, 1.54) is 5.39 Å². The van der Waals surface area contributed by atoms with Gasteiger partial charge in [0.25, 0.3) is 0 Å². The van der Waals surface area contributed by atoms with Gasteiger partial charge in [-0.15, -0.1) is 0 Å². The van der Waals surface area contributed by atoms with Crippen LogP contribution in [0.25, 0.3) is 99.5 Å². The van der Waals surface area contributed by atoms with Crippen molar-refractivity contribution in [2.45, 2.75) is 4.90 Å². The Morgan fingerprint density at radius 1 is 0.373 bits per heavy atom. The third-order valence-corrected chi connectivity index (χ3v) is 13.8. The normalized spacial score (nSPS) is 11.9. The zero-order valence-corrected chi connectivity index (χ0v) is 37.1. The Kier molecular flexibility index (Phi) is 10.0. The zero-order valence-electron chi connectivity index (χ0n) is 36.3. The Morgan fingerprint density at radius 2 is 0.761 bits per heavy atom. The van der Waals surface area contributed by atoms with Crippen LogP contribution in [0.15, 0.2) is 248 Å². The molecule has 2 aromatic heterocycles. The molecule has 67 heavy (non-hydrogen) atoms. The number of hydrogen-bond acceptors (Lipinski definition) is 3. The summed E-state index contributed by atoms with van der Waals surface area (Å²) in [6.45, 7) is 0. The van der Waals surface area contributed by atoms with Crippen LogP contribution in [-0.4, -0.2) is 15.0 Å². The fourth-order valence-corrected chi connectivity index (χ4v) is 10.6. The van der Waals surface area contributed by atoms with Crippen molar-refractivity contribution in [1.82, 2.24) is 9.13 Å². The molecule has 5 nitrogen and oxygen atoms in total. The smallest absolute Gasteiger partial charge is 0.229 e. The van der Waals surface area contributed by atoms with Gasteiger partial charge in [-0.1, -0.05) is 170 Å². The Labute approximate surface area is 391 Å². The second-order valence-electron chi connectivity index (χ2n) is 16.7. The number of rotatable bonds is 9. The van der Waals surface area contributed by atoms with E-state index in [4.69, 9.17) is 14.4 Å². The second-order valence-corrected chi connectivity index (χ2v) is 17.8. The molecule has 318 valence electrons. The molecule has 0 saturated carbocycles. The molecule has 0 spiro atoms. The van der Waals surface area contributed by atoms with Gasteiger partial charge in [0, 0.05) is 49.6 Å². The molecule has 0 aliphatic rings. The topological polar surface area (TPSA) is 66.8 Å². The van der Waals surface area contributed by atoms with Gasteiger partial charge in [0.05, 0.1) is 27.0 Å². The third-order valence-electron chi connectivity index (χ3n) is 12.8. The Balaban J connectivity index is 1.22. The zero-order chi connectivity index (χ0) is 44.8. The summed E-state index contributed by atoms with van der Waals surface area (Å²) in [5.74, 6) is -0.0182. The summed E-state index contributed by atoms with van der Waals surface area (Å²) in [5, 5.41) is 13.2. The Morgan fingerprint density at radius 3 is 1.25 bits per heavy atom. The molecule has 2 N–H and O–H groups in total. The van der Waals surface area contributed by atoms with Gasteiger partial charge in [-0.25, -0.2) is 4.78 Å². The Hall–Kier alpha value is -8.58. The van der Waals surface area contributed by atoms with E-state index in [1.807, 2.05) is 42.5 Å². The number of aromatic nitrogens is 2. The molecule has 0 fully saturated rings. The average Bonchev–Trinajstić information content (AvgIpc) is 3.92.